The maximum absolute atomic E-state index is 12.4. The number of nitrogens with zero attached hydrogens (tertiary/aromatic N) is 4. The second kappa shape index (κ2) is 8.70. The number of hydrogen-bond acceptors (Lipinski definition) is 6. The van der Waals surface area contributed by atoms with E-state index < -0.39 is 0 Å². The molecule has 0 aliphatic rings. The summed E-state index contributed by atoms with van der Waals surface area (Å²) in [5.74, 6) is -0.0470. The number of carbonyl (C=O) groups is 1. The maximum atomic E-state index is 12.4. The Balaban J connectivity index is 1.36. The van der Waals surface area contributed by atoms with Gasteiger partial charge in [0.05, 0.1) is 41.3 Å². The van der Waals surface area contributed by atoms with Crippen LogP contribution >= 0.6 is 0 Å². The maximum Gasteiger partial charge on any atom is 0.224 e. The van der Waals surface area contributed by atoms with E-state index in [1.165, 1.54) is 0 Å². The number of anilines is 1. The van der Waals surface area contributed by atoms with Crippen molar-refractivity contribution < 1.29 is 9.21 Å². The van der Waals surface area contributed by atoms with Gasteiger partial charge in [-0.05, 0) is 47.4 Å². The number of amides is 1. The molecule has 37 heavy (non-hydrogen) atoms. The molecule has 0 spiro atoms. The molecule has 0 saturated carbocycles. The number of pyridine rings is 3. The van der Waals surface area contributed by atoms with E-state index in [0.29, 0.717) is 17.8 Å². The summed E-state index contributed by atoms with van der Waals surface area (Å²) in [6.45, 7) is 6.10. The van der Waals surface area contributed by atoms with Crippen molar-refractivity contribution in [1.82, 2.24) is 30.1 Å². The molecule has 0 atom stereocenters. The fourth-order valence-electron chi connectivity index (χ4n) is 4.41. The van der Waals surface area contributed by atoms with Crippen molar-refractivity contribution in [3.05, 3.63) is 67.5 Å². The van der Waals surface area contributed by atoms with Gasteiger partial charge in [-0.15, -0.1) is 0 Å². The van der Waals surface area contributed by atoms with Gasteiger partial charge in [0, 0.05) is 35.3 Å². The number of H-pyrrole nitrogens is 2. The molecule has 9 nitrogen and oxygen atoms in total. The molecule has 6 aromatic heterocycles. The summed E-state index contributed by atoms with van der Waals surface area (Å²) in [4.78, 5) is 29.5. The monoisotopic (exact) mass is 491 g/mol. The van der Waals surface area contributed by atoms with Gasteiger partial charge in [-0.25, -0.2) is 9.97 Å². The number of fused-ring (bicyclic) bond motifs is 2. The Bertz CT molecular complexity index is 1740. The van der Waals surface area contributed by atoms with Crippen LogP contribution in [0.4, 0.5) is 5.69 Å². The van der Waals surface area contributed by atoms with Gasteiger partial charge < -0.3 is 14.7 Å². The fraction of sp³-hybridized carbons (Fsp3) is 0.179. The van der Waals surface area contributed by atoms with E-state index in [9.17, 15) is 4.79 Å². The van der Waals surface area contributed by atoms with Crippen LogP contribution in [-0.2, 0) is 4.79 Å². The number of furan rings is 1. The first-order valence-corrected chi connectivity index (χ1v) is 12.0. The van der Waals surface area contributed by atoms with Crippen LogP contribution < -0.4 is 5.32 Å². The van der Waals surface area contributed by atoms with Gasteiger partial charge >= 0.3 is 0 Å². The van der Waals surface area contributed by atoms with E-state index in [1.54, 1.807) is 31.1 Å². The first kappa shape index (κ1) is 22.7. The van der Waals surface area contributed by atoms with Gasteiger partial charge in [-0.2, -0.15) is 5.10 Å². The van der Waals surface area contributed by atoms with Crippen LogP contribution in [0.15, 0.2) is 71.9 Å². The molecular formula is C28H25N7O2. The molecule has 0 unspecified atom stereocenters. The van der Waals surface area contributed by atoms with Crippen molar-refractivity contribution in [3.8, 4) is 33.8 Å². The number of carbonyl (C=O) groups excluding carboxylic acids is 1. The van der Waals surface area contributed by atoms with Crippen molar-refractivity contribution in [2.75, 3.05) is 5.32 Å². The van der Waals surface area contributed by atoms with Crippen LogP contribution in [0, 0.1) is 5.41 Å². The SMILES string of the molecule is CC(C)(C)CC(=O)Nc1cncc(-c2ccc3[nH]nc(-c4cc5c(-c6ccoc6)ccnc5[nH]4)c3n2)c1. The Hall–Kier alpha value is -4.79. The van der Waals surface area contributed by atoms with E-state index in [4.69, 9.17) is 9.40 Å². The molecule has 1 amide bonds. The van der Waals surface area contributed by atoms with Crippen LogP contribution in [0.5, 0.6) is 0 Å². The summed E-state index contributed by atoms with van der Waals surface area (Å²) in [6, 6.07) is 11.6. The van der Waals surface area contributed by atoms with Crippen molar-refractivity contribution in [2.45, 2.75) is 27.2 Å². The molecule has 6 heterocycles. The molecular weight excluding hydrogens is 466 g/mol. The smallest absolute Gasteiger partial charge is 0.224 e. The normalized spacial score (nSPS) is 11.9. The lowest BCUT2D eigenvalue weighted by Gasteiger charge is -2.17. The lowest BCUT2D eigenvalue weighted by Crippen LogP contribution is -2.19. The van der Waals surface area contributed by atoms with Crippen molar-refractivity contribution in [3.63, 3.8) is 0 Å². The highest BCUT2D eigenvalue weighted by Gasteiger charge is 2.18. The largest absolute Gasteiger partial charge is 0.472 e. The molecule has 0 radical (unpaired) electrons. The van der Waals surface area contributed by atoms with Crippen LogP contribution in [0.3, 0.4) is 0 Å². The van der Waals surface area contributed by atoms with Crippen molar-refractivity contribution in [1.29, 1.82) is 0 Å². The topological polar surface area (TPSA) is 125 Å². The highest BCUT2D eigenvalue weighted by molar-refractivity contribution is 5.99. The summed E-state index contributed by atoms with van der Waals surface area (Å²) >= 11 is 0. The van der Waals surface area contributed by atoms with Crippen molar-refractivity contribution >= 4 is 33.7 Å². The molecule has 0 fully saturated rings. The second-order valence-electron chi connectivity index (χ2n) is 10.2. The fourth-order valence-corrected chi connectivity index (χ4v) is 4.41. The molecule has 0 saturated heterocycles. The van der Waals surface area contributed by atoms with Gasteiger partial charge in [-0.1, -0.05) is 20.8 Å². The van der Waals surface area contributed by atoms with Gasteiger partial charge in [0.1, 0.15) is 16.9 Å². The highest BCUT2D eigenvalue weighted by Crippen LogP contribution is 2.33. The van der Waals surface area contributed by atoms with Crippen molar-refractivity contribution in [2.24, 2.45) is 5.41 Å². The third-order valence-corrected chi connectivity index (χ3v) is 6.04. The third-order valence-electron chi connectivity index (χ3n) is 6.04. The molecule has 9 heteroatoms. The van der Waals surface area contributed by atoms with E-state index in [1.807, 2.05) is 57.2 Å². The molecule has 6 rings (SSSR count). The predicted molar refractivity (Wildman–Crippen MR) is 143 cm³/mol. The summed E-state index contributed by atoms with van der Waals surface area (Å²) in [5, 5.41) is 11.5. The Morgan fingerprint density at radius 1 is 1.08 bits per heavy atom. The van der Waals surface area contributed by atoms with E-state index >= 15 is 0 Å². The minimum atomic E-state index is -0.100. The number of aromatic amines is 2. The Morgan fingerprint density at radius 2 is 1.97 bits per heavy atom. The molecule has 184 valence electrons. The average Bonchev–Trinajstić information content (AvgIpc) is 3.61. The first-order chi connectivity index (χ1) is 17.8. The zero-order valence-corrected chi connectivity index (χ0v) is 20.7. The molecule has 0 aromatic carbocycles. The summed E-state index contributed by atoms with van der Waals surface area (Å²) in [7, 11) is 0. The lowest BCUT2D eigenvalue weighted by atomic mass is 9.92. The molecule has 0 aliphatic carbocycles. The van der Waals surface area contributed by atoms with Crippen LogP contribution in [0.25, 0.3) is 55.8 Å². The van der Waals surface area contributed by atoms with E-state index in [0.717, 1.165) is 50.1 Å². The zero-order valence-electron chi connectivity index (χ0n) is 20.7. The first-order valence-electron chi connectivity index (χ1n) is 12.0. The average molecular weight is 492 g/mol. The molecule has 3 N–H and O–H groups in total. The number of nitrogens with one attached hydrogen (secondary N) is 3. The van der Waals surface area contributed by atoms with Crippen LogP contribution in [0.2, 0.25) is 0 Å². The van der Waals surface area contributed by atoms with Crippen LogP contribution in [-0.4, -0.2) is 36.0 Å². The molecule has 0 aliphatic heterocycles. The van der Waals surface area contributed by atoms with E-state index in [2.05, 4.69) is 30.5 Å². The van der Waals surface area contributed by atoms with Gasteiger partial charge in [-0.3, -0.25) is 14.9 Å². The zero-order chi connectivity index (χ0) is 25.6. The lowest BCUT2D eigenvalue weighted by molar-refractivity contribution is -0.117. The minimum absolute atomic E-state index is 0.0470. The molecule has 6 aromatic rings. The Labute approximate surface area is 212 Å². The number of aromatic nitrogens is 6. The second-order valence-corrected chi connectivity index (χ2v) is 10.2. The predicted octanol–water partition coefficient (Wildman–Crippen LogP) is 6.20. The quantitative estimate of drug-likeness (QED) is 0.264. The highest BCUT2D eigenvalue weighted by atomic mass is 16.3. The molecule has 0 bridgehead atoms. The number of rotatable bonds is 5. The van der Waals surface area contributed by atoms with Gasteiger partial charge in [0.25, 0.3) is 0 Å². The summed E-state index contributed by atoms with van der Waals surface area (Å²) < 4.78 is 5.27. The Kier molecular flexibility index (Phi) is 5.33. The summed E-state index contributed by atoms with van der Waals surface area (Å²) in [6.07, 6.45) is 8.93. The minimum Gasteiger partial charge on any atom is -0.472 e. The number of hydrogen-bond donors (Lipinski definition) is 3. The third kappa shape index (κ3) is 4.47. The van der Waals surface area contributed by atoms with Crippen LogP contribution in [0.1, 0.15) is 27.2 Å². The van der Waals surface area contributed by atoms with Gasteiger partial charge in [0.15, 0.2) is 0 Å². The standard InChI is InChI=1S/C28H25N7O2/c1-28(2,3)12-24(36)31-18-10-17(13-29-14-18)21-4-5-22-25(32-21)26(35-34-22)23-11-20-19(16-7-9-37-15-16)6-8-30-27(20)33-23/h4-11,13-15H,12H2,1-3H3,(H,30,33)(H,31,36)(H,34,35). The van der Waals surface area contributed by atoms with Gasteiger partial charge in [0.2, 0.25) is 5.91 Å². The Morgan fingerprint density at radius 3 is 2.78 bits per heavy atom. The summed E-state index contributed by atoms with van der Waals surface area (Å²) in [5.41, 5.74) is 7.82. The van der Waals surface area contributed by atoms with E-state index in [-0.39, 0.29) is 11.3 Å².